The predicted octanol–water partition coefficient (Wildman–Crippen LogP) is 1.92. The Morgan fingerprint density at radius 2 is 1.18 bits per heavy atom. The number of fused-ring (bicyclic) bond motifs is 4. The lowest BCUT2D eigenvalue weighted by molar-refractivity contribution is -0.0779. The van der Waals surface area contributed by atoms with Gasteiger partial charge in [-0.2, -0.15) is 0 Å². The third kappa shape index (κ3) is 8.48. The van der Waals surface area contributed by atoms with Crippen molar-refractivity contribution in [2.24, 2.45) is 20.0 Å². The van der Waals surface area contributed by atoms with Crippen molar-refractivity contribution < 1.29 is 38.3 Å². The van der Waals surface area contributed by atoms with Crippen molar-refractivity contribution in [3.05, 3.63) is 132 Å². The number of H-pyrrole nitrogens is 2. The number of thiophene rings is 2. The zero-order valence-corrected chi connectivity index (χ0v) is 40.5. The molecule has 0 radical (unpaired) electrons. The number of aromatic amines is 2. The maximum Gasteiger partial charge on any atom is 0.332 e. The van der Waals surface area contributed by atoms with Crippen LogP contribution in [-0.4, -0.2) is 108 Å². The highest BCUT2D eigenvalue weighted by Crippen LogP contribution is 2.34. The molecule has 374 valence electrons. The number of hydroxylamine groups is 4. The lowest BCUT2D eigenvalue weighted by atomic mass is 10.1. The molecule has 8 heterocycles. The van der Waals surface area contributed by atoms with E-state index in [4.69, 9.17) is 9.68 Å². The Morgan fingerprint density at radius 3 is 1.72 bits per heavy atom. The fourth-order valence-electron chi connectivity index (χ4n) is 8.71. The van der Waals surface area contributed by atoms with E-state index in [1.165, 1.54) is 27.8 Å². The van der Waals surface area contributed by atoms with E-state index < -0.39 is 63.8 Å². The zero-order chi connectivity index (χ0) is 51.1. The molecule has 71 heavy (non-hydrogen) atoms. The summed E-state index contributed by atoms with van der Waals surface area (Å²) in [5.41, 5.74) is -2.03. The molecule has 2 aromatic carbocycles. The largest absolute Gasteiger partial charge is 0.389 e. The normalized spacial score (nSPS) is 16.2. The smallest absolute Gasteiger partial charge is 0.332 e. The van der Waals surface area contributed by atoms with Crippen molar-refractivity contribution >= 4 is 77.0 Å². The highest BCUT2D eigenvalue weighted by atomic mass is 32.1. The summed E-state index contributed by atoms with van der Waals surface area (Å²) in [7, 11) is 2.68. The van der Waals surface area contributed by atoms with Crippen LogP contribution >= 0.6 is 22.7 Å². The van der Waals surface area contributed by atoms with Gasteiger partial charge in [0.05, 0.1) is 70.1 Å². The Bertz CT molecular complexity index is 3870. The topological polar surface area (TPSA) is 263 Å². The van der Waals surface area contributed by atoms with Crippen LogP contribution in [0.4, 0.5) is 8.78 Å². The third-order valence-corrected chi connectivity index (χ3v) is 14.5. The number of halogens is 2. The maximum atomic E-state index is 14.0. The van der Waals surface area contributed by atoms with Crippen molar-refractivity contribution in [1.29, 1.82) is 0 Å². The molecule has 26 heteroatoms. The molecule has 4 N–H and O–H groups in total. The lowest BCUT2D eigenvalue weighted by Crippen LogP contribution is -2.39. The van der Waals surface area contributed by atoms with E-state index in [-0.39, 0.29) is 106 Å². The van der Waals surface area contributed by atoms with Gasteiger partial charge in [-0.15, -0.1) is 22.7 Å². The molecule has 22 nitrogen and oxygen atoms in total. The predicted molar refractivity (Wildman–Crippen MR) is 257 cm³/mol. The highest BCUT2D eigenvalue weighted by Gasteiger charge is 2.36. The van der Waals surface area contributed by atoms with Crippen molar-refractivity contribution in [3.8, 4) is 0 Å². The van der Waals surface area contributed by atoms with Crippen LogP contribution in [0.3, 0.4) is 0 Å². The monoisotopic (exact) mass is 1020 g/mol. The van der Waals surface area contributed by atoms with E-state index in [1.54, 1.807) is 24.3 Å². The van der Waals surface area contributed by atoms with Gasteiger partial charge >= 0.3 is 22.8 Å². The summed E-state index contributed by atoms with van der Waals surface area (Å²) in [6, 6.07) is 8.60. The number of β-amino-alcohol motifs (C(OH)–C–C–N with tert-alkyl or cyclic N) is 2. The molecule has 2 atom stereocenters. The first-order chi connectivity index (χ1) is 33.7. The Balaban J connectivity index is 0.000000176. The number of nitrogens with zero attached hydrogens (tertiary/aromatic N) is 8. The SMILES string of the molecule is CC(C)Cn1c(=O)n(C)c(=O)c2c(C(=O)N3C[C@H](O)CO3)c(Cn3c(=O)[nH]c4cc(F)c(F)cc43)sc21.CC(C)n1c(=O)n(C)c(=O)c2c(C(=O)N3CC(O)CO3)c(Cn3c(=O)[nH]c4ccccc43)sc21. The number of hydrogen-bond acceptors (Lipinski definition) is 14. The molecule has 0 spiro atoms. The number of aromatic nitrogens is 8. The quantitative estimate of drug-likeness (QED) is 0.162. The summed E-state index contributed by atoms with van der Waals surface area (Å²) >= 11 is 2.11. The highest BCUT2D eigenvalue weighted by molar-refractivity contribution is 7.19. The third-order valence-electron chi connectivity index (χ3n) is 12.1. The van der Waals surface area contributed by atoms with Gasteiger partial charge in [-0.1, -0.05) is 26.0 Å². The minimum absolute atomic E-state index is 0.00903. The van der Waals surface area contributed by atoms with Crippen LogP contribution in [-0.2, 0) is 43.4 Å². The van der Waals surface area contributed by atoms with E-state index >= 15 is 0 Å². The van der Waals surface area contributed by atoms with Crippen LogP contribution in [0.5, 0.6) is 0 Å². The lowest BCUT2D eigenvalue weighted by Gasteiger charge is -2.15. The number of hydrogen-bond donors (Lipinski definition) is 4. The van der Waals surface area contributed by atoms with Gasteiger partial charge in [0, 0.05) is 48.6 Å². The Hall–Kier alpha value is -7.10. The molecule has 2 fully saturated rings. The van der Waals surface area contributed by atoms with Gasteiger partial charge in [-0.05, 0) is 31.9 Å². The number of rotatable bonds is 9. The van der Waals surface area contributed by atoms with Crippen molar-refractivity contribution in [3.63, 3.8) is 0 Å². The van der Waals surface area contributed by atoms with E-state index in [0.717, 1.165) is 58.6 Å². The summed E-state index contributed by atoms with van der Waals surface area (Å²) in [5, 5.41) is 21.8. The standard InChI is InChI=1S/C23H23F2N5O6S.C22H23N5O6S/c1-10(2)6-29-21-18(19(32)27(3)23(29)35)17(20(33)30-7-11(31)9-36-30)16(37-21)8-28-15-5-13(25)12(24)4-14(15)26-22(28)34;1-11(2)27-20-17(18(29)24(3)22(27)32)16(19(30)26-8-12(28)10-33-26)15(34-20)9-25-14-7-5-4-6-13(14)23-21(25)31/h4-5,10-11,31H,6-9H2,1-3H3,(H,26,34);4-7,11-12,28H,8-10H2,1-3H3,(H,23,31)/t11-;/m0./s1. The molecule has 0 bridgehead atoms. The van der Waals surface area contributed by atoms with Crippen LogP contribution in [0.2, 0.25) is 0 Å². The van der Waals surface area contributed by atoms with Gasteiger partial charge in [0.2, 0.25) is 0 Å². The van der Waals surface area contributed by atoms with Gasteiger partial charge in [0.1, 0.15) is 35.1 Å². The summed E-state index contributed by atoms with van der Waals surface area (Å²) in [4.78, 5) is 122. The number of nitrogens with one attached hydrogen (secondary N) is 2. The molecule has 2 amide bonds. The number of carbonyl (C=O) groups is 2. The fourth-order valence-corrected chi connectivity index (χ4v) is 11.4. The fraction of sp³-hybridized carbons (Fsp3) is 0.378. The first-order valence-electron chi connectivity index (χ1n) is 22.2. The van der Waals surface area contributed by atoms with E-state index in [2.05, 4.69) is 9.97 Å². The van der Waals surface area contributed by atoms with Crippen LogP contribution in [0.25, 0.3) is 42.5 Å². The molecular formula is C45H46F2N10O12S2. The van der Waals surface area contributed by atoms with Gasteiger partial charge in [-0.3, -0.25) is 56.3 Å². The molecule has 6 aromatic heterocycles. The number of amides is 2. The minimum atomic E-state index is -1.16. The Labute approximate surface area is 404 Å². The average Bonchev–Trinajstić information content (AvgIpc) is 4.19. The second-order valence-corrected chi connectivity index (χ2v) is 20.1. The number of imidazole rings is 2. The van der Waals surface area contributed by atoms with Crippen molar-refractivity contribution in [2.75, 3.05) is 26.3 Å². The Morgan fingerprint density at radius 1 is 0.690 bits per heavy atom. The Kier molecular flexibility index (Phi) is 12.8. The van der Waals surface area contributed by atoms with Gasteiger partial charge in [-0.25, -0.2) is 38.1 Å². The van der Waals surface area contributed by atoms with Crippen molar-refractivity contribution in [2.45, 2.75) is 65.6 Å². The van der Waals surface area contributed by atoms with Crippen LogP contribution < -0.4 is 33.9 Å². The molecule has 1 unspecified atom stereocenters. The number of aliphatic hydroxyl groups is 2. The summed E-state index contributed by atoms with van der Waals surface area (Å²) in [5.74, 6) is -3.60. The first-order valence-corrected chi connectivity index (χ1v) is 23.8. The van der Waals surface area contributed by atoms with Crippen LogP contribution in [0, 0.1) is 17.6 Å². The molecule has 0 aliphatic carbocycles. The van der Waals surface area contributed by atoms with Gasteiger partial charge in [0.25, 0.3) is 22.9 Å². The van der Waals surface area contributed by atoms with E-state index in [1.807, 2.05) is 27.7 Å². The minimum Gasteiger partial charge on any atom is -0.389 e. The molecule has 2 saturated heterocycles. The molecule has 10 rings (SSSR count). The van der Waals surface area contributed by atoms with E-state index in [0.29, 0.717) is 20.7 Å². The first kappa shape index (κ1) is 48.9. The van der Waals surface area contributed by atoms with Crippen LogP contribution in [0.15, 0.2) is 65.2 Å². The summed E-state index contributed by atoms with van der Waals surface area (Å²) < 4.78 is 35.1. The zero-order valence-electron chi connectivity index (χ0n) is 38.9. The second kappa shape index (κ2) is 18.6. The van der Waals surface area contributed by atoms with Crippen LogP contribution in [0.1, 0.15) is 64.2 Å². The average molecular weight is 1020 g/mol. The second-order valence-electron chi connectivity index (χ2n) is 17.9. The molecule has 8 aromatic rings. The summed E-state index contributed by atoms with van der Waals surface area (Å²) in [6.45, 7) is 7.05. The molecule has 2 aliphatic rings. The maximum absolute atomic E-state index is 14.0. The molecule has 0 saturated carbocycles. The number of carbonyl (C=O) groups excluding carboxylic acids is 2. The van der Waals surface area contributed by atoms with Crippen molar-refractivity contribution in [1.82, 2.24) is 47.5 Å². The van der Waals surface area contributed by atoms with E-state index in [9.17, 15) is 57.4 Å². The molecular weight excluding hydrogens is 975 g/mol. The number of benzene rings is 2. The van der Waals surface area contributed by atoms with Gasteiger partial charge < -0.3 is 20.2 Å². The number of para-hydroxylation sites is 2. The summed E-state index contributed by atoms with van der Waals surface area (Å²) in [6.07, 6.45) is -1.77. The molecule has 2 aliphatic heterocycles. The van der Waals surface area contributed by atoms with Gasteiger partial charge in [0.15, 0.2) is 11.6 Å². The number of aliphatic hydroxyl groups excluding tert-OH is 2.